The van der Waals surface area contributed by atoms with E-state index in [1.807, 2.05) is 13.0 Å². The Bertz CT molecular complexity index is 622. The Morgan fingerprint density at radius 2 is 2.22 bits per heavy atom. The first-order valence-electron chi connectivity index (χ1n) is 7.05. The molecule has 0 aliphatic heterocycles. The van der Waals surface area contributed by atoms with Crippen LogP contribution < -0.4 is 10.6 Å². The van der Waals surface area contributed by atoms with E-state index in [2.05, 4.69) is 20.6 Å². The van der Waals surface area contributed by atoms with Crippen molar-refractivity contribution in [3.8, 4) is 0 Å². The van der Waals surface area contributed by atoms with Gasteiger partial charge in [0.25, 0.3) is 0 Å². The summed E-state index contributed by atoms with van der Waals surface area (Å²) in [7, 11) is 0. The van der Waals surface area contributed by atoms with Crippen LogP contribution in [0.1, 0.15) is 23.4 Å². The van der Waals surface area contributed by atoms with Gasteiger partial charge >= 0.3 is 6.18 Å². The normalized spacial score (nSPS) is 12.4. The lowest BCUT2D eigenvalue weighted by Gasteiger charge is -2.10. The predicted molar refractivity (Wildman–Crippen MR) is 82.3 cm³/mol. The van der Waals surface area contributed by atoms with Crippen LogP contribution >= 0.6 is 11.3 Å². The molecule has 23 heavy (non-hydrogen) atoms. The number of hydrogen-bond donors (Lipinski definition) is 2. The third-order valence-corrected chi connectivity index (χ3v) is 3.70. The van der Waals surface area contributed by atoms with Crippen LogP contribution in [-0.2, 0) is 19.1 Å². The molecule has 2 N–H and O–H groups in total. The Hall–Kier alpha value is -2.03. The third-order valence-electron chi connectivity index (χ3n) is 2.79. The van der Waals surface area contributed by atoms with Crippen LogP contribution in [-0.4, -0.2) is 24.0 Å². The lowest BCUT2D eigenvalue weighted by molar-refractivity contribution is -0.140. The topological polar surface area (TPSA) is 62.5 Å². The maximum atomic E-state index is 12.5. The van der Waals surface area contributed by atoms with E-state index in [1.54, 1.807) is 12.3 Å². The molecule has 0 radical (unpaired) electrons. The molecule has 0 saturated heterocycles. The van der Waals surface area contributed by atoms with E-state index >= 15 is 0 Å². The number of nitrogens with zero attached hydrogens (tertiary/aromatic N) is 2. The number of aromatic nitrogens is 1. The SMILES string of the molecule is CCNC(=NCc1ccco1)NCCc1nc(C(F)(F)F)cs1. The van der Waals surface area contributed by atoms with Crippen molar-refractivity contribution in [1.29, 1.82) is 0 Å². The van der Waals surface area contributed by atoms with Crippen molar-refractivity contribution < 1.29 is 17.6 Å². The standard InChI is InChI=1S/C14H17F3N4OS/c1-2-18-13(20-8-10-4-3-7-22-10)19-6-5-12-21-11(9-23-12)14(15,16)17/h3-4,7,9H,2,5-6,8H2,1H3,(H2,18,19,20). The number of nitrogens with one attached hydrogen (secondary N) is 2. The number of aliphatic imine (C=N–C) groups is 1. The summed E-state index contributed by atoms with van der Waals surface area (Å²) in [5.74, 6) is 1.31. The van der Waals surface area contributed by atoms with Gasteiger partial charge in [0.1, 0.15) is 12.3 Å². The summed E-state index contributed by atoms with van der Waals surface area (Å²) in [6, 6.07) is 3.60. The summed E-state index contributed by atoms with van der Waals surface area (Å²) in [5, 5.41) is 7.59. The highest BCUT2D eigenvalue weighted by Gasteiger charge is 2.33. The lowest BCUT2D eigenvalue weighted by Crippen LogP contribution is -2.38. The first-order valence-corrected chi connectivity index (χ1v) is 7.93. The Kier molecular flexibility index (Phi) is 6.03. The van der Waals surface area contributed by atoms with E-state index in [0.717, 1.165) is 22.5 Å². The van der Waals surface area contributed by atoms with E-state index in [1.165, 1.54) is 0 Å². The second-order valence-electron chi connectivity index (χ2n) is 4.58. The van der Waals surface area contributed by atoms with Gasteiger partial charge in [-0.25, -0.2) is 9.98 Å². The van der Waals surface area contributed by atoms with E-state index in [-0.39, 0.29) is 0 Å². The van der Waals surface area contributed by atoms with Crippen molar-refractivity contribution in [2.75, 3.05) is 13.1 Å². The van der Waals surface area contributed by atoms with E-state index < -0.39 is 11.9 Å². The molecule has 2 aromatic heterocycles. The van der Waals surface area contributed by atoms with Crippen molar-refractivity contribution in [2.45, 2.75) is 26.1 Å². The highest BCUT2D eigenvalue weighted by Crippen LogP contribution is 2.29. The van der Waals surface area contributed by atoms with Crippen molar-refractivity contribution in [1.82, 2.24) is 15.6 Å². The highest BCUT2D eigenvalue weighted by molar-refractivity contribution is 7.09. The average molecular weight is 346 g/mol. The fraction of sp³-hybridized carbons (Fsp3) is 0.429. The second kappa shape index (κ2) is 8.00. The van der Waals surface area contributed by atoms with E-state index in [4.69, 9.17) is 4.42 Å². The molecule has 2 aromatic rings. The molecule has 0 fully saturated rings. The number of guanidine groups is 1. The Labute approximate surface area is 135 Å². The van der Waals surface area contributed by atoms with Gasteiger partial charge in [-0.2, -0.15) is 13.2 Å². The summed E-state index contributed by atoms with van der Waals surface area (Å²) in [4.78, 5) is 7.92. The van der Waals surface area contributed by atoms with E-state index in [0.29, 0.717) is 37.0 Å². The minimum absolute atomic E-state index is 0.387. The van der Waals surface area contributed by atoms with Crippen LogP contribution in [0, 0.1) is 0 Å². The van der Waals surface area contributed by atoms with E-state index in [9.17, 15) is 13.2 Å². The molecular weight excluding hydrogens is 329 g/mol. The minimum Gasteiger partial charge on any atom is -0.467 e. The van der Waals surface area contributed by atoms with Gasteiger partial charge in [-0.1, -0.05) is 0 Å². The smallest absolute Gasteiger partial charge is 0.434 e. The lowest BCUT2D eigenvalue weighted by atomic mass is 10.4. The fourth-order valence-corrected chi connectivity index (χ4v) is 2.55. The molecule has 0 bridgehead atoms. The Balaban J connectivity index is 1.84. The molecular formula is C14H17F3N4OS. The number of hydrogen-bond acceptors (Lipinski definition) is 4. The number of furan rings is 1. The molecule has 2 rings (SSSR count). The van der Waals surface area contributed by atoms with Gasteiger partial charge in [-0.15, -0.1) is 11.3 Å². The van der Waals surface area contributed by atoms with Crippen LogP contribution in [0.3, 0.4) is 0 Å². The summed E-state index contributed by atoms with van der Waals surface area (Å²) in [6.07, 6.45) is -2.42. The molecule has 0 saturated carbocycles. The van der Waals surface area contributed by atoms with Crippen LogP contribution in [0.5, 0.6) is 0 Å². The number of halogens is 3. The largest absolute Gasteiger partial charge is 0.467 e. The summed E-state index contributed by atoms with van der Waals surface area (Å²) >= 11 is 1.01. The van der Waals surface area contributed by atoms with Gasteiger partial charge in [-0.3, -0.25) is 0 Å². The third kappa shape index (κ3) is 5.59. The molecule has 0 aliphatic rings. The Morgan fingerprint density at radius 1 is 1.39 bits per heavy atom. The van der Waals surface area contributed by atoms with Gasteiger partial charge < -0.3 is 15.1 Å². The van der Waals surface area contributed by atoms with Crippen molar-refractivity contribution in [3.05, 3.63) is 40.2 Å². The second-order valence-corrected chi connectivity index (χ2v) is 5.52. The summed E-state index contributed by atoms with van der Waals surface area (Å²) in [6.45, 7) is 3.44. The summed E-state index contributed by atoms with van der Waals surface area (Å²) in [5.41, 5.74) is -0.837. The van der Waals surface area contributed by atoms with Gasteiger partial charge in [0.05, 0.1) is 11.3 Å². The zero-order valence-electron chi connectivity index (χ0n) is 12.5. The van der Waals surface area contributed by atoms with Gasteiger partial charge in [0.15, 0.2) is 11.7 Å². The maximum absolute atomic E-state index is 12.5. The van der Waals surface area contributed by atoms with Gasteiger partial charge in [-0.05, 0) is 19.1 Å². The van der Waals surface area contributed by atoms with Crippen molar-refractivity contribution in [2.24, 2.45) is 4.99 Å². The molecule has 2 heterocycles. The predicted octanol–water partition coefficient (Wildman–Crippen LogP) is 3.05. The Morgan fingerprint density at radius 3 is 2.83 bits per heavy atom. The monoisotopic (exact) mass is 346 g/mol. The van der Waals surface area contributed by atoms with Crippen molar-refractivity contribution in [3.63, 3.8) is 0 Å². The quantitative estimate of drug-likeness (QED) is 0.623. The highest BCUT2D eigenvalue weighted by atomic mass is 32.1. The number of rotatable bonds is 6. The molecule has 5 nitrogen and oxygen atoms in total. The van der Waals surface area contributed by atoms with Crippen LogP contribution in [0.15, 0.2) is 33.2 Å². The van der Waals surface area contributed by atoms with Crippen LogP contribution in [0.4, 0.5) is 13.2 Å². The molecule has 0 aliphatic carbocycles. The number of thiazole rings is 1. The van der Waals surface area contributed by atoms with Crippen LogP contribution in [0.25, 0.3) is 0 Å². The minimum atomic E-state index is -4.39. The zero-order valence-corrected chi connectivity index (χ0v) is 13.3. The maximum Gasteiger partial charge on any atom is 0.434 e. The molecule has 0 atom stereocenters. The van der Waals surface area contributed by atoms with Gasteiger partial charge in [0, 0.05) is 24.9 Å². The van der Waals surface area contributed by atoms with Crippen molar-refractivity contribution >= 4 is 17.3 Å². The number of alkyl halides is 3. The average Bonchev–Trinajstić information content (AvgIpc) is 3.15. The molecule has 9 heteroatoms. The van der Waals surface area contributed by atoms with Crippen LogP contribution in [0.2, 0.25) is 0 Å². The summed E-state index contributed by atoms with van der Waals surface area (Å²) < 4.78 is 42.6. The first kappa shape index (κ1) is 17.3. The molecule has 0 unspecified atom stereocenters. The molecule has 0 aromatic carbocycles. The zero-order chi connectivity index (χ0) is 16.7. The molecule has 126 valence electrons. The first-order chi connectivity index (χ1) is 11.0. The van der Waals surface area contributed by atoms with Gasteiger partial charge in [0.2, 0.25) is 0 Å². The fourth-order valence-electron chi connectivity index (χ4n) is 1.75. The molecule has 0 spiro atoms. The molecule has 0 amide bonds.